The summed E-state index contributed by atoms with van der Waals surface area (Å²) in [5, 5.41) is 7.67. The number of aromatic nitrogens is 3. The molecule has 0 aliphatic carbocycles. The Hall–Kier alpha value is -2.06. The van der Waals surface area contributed by atoms with Gasteiger partial charge in [0, 0.05) is 12.0 Å². The second-order valence-corrected chi connectivity index (χ2v) is 9.20. The highest BCUT2D eigenvalue weighted by Gasteiger charge is 2.32. The Morgan fingerprint density at radius 3 is 2.35 bits per heavy atom. The molecule has 2 aromatic rings. The van der Waals surface area contributed by atoms with Crippen LogP contribution in [0.1, 0.15) is 45.1 Å². The Morgan fingerprint density at radius 2 is 1.81 bits per heavy atom. The van der Waals surface area contributed by atoms with Crippen molar-refractivity contribution in [2.45, 2.75) is 51.9 Å². The molecule has 1 aromatic carbocycles. The van der Waals surface area contributed by atoms with Gasteiger partial charge in [0.25, 0.3) is 0 Å². The van der Waals surface area contributed by atoms with Crippen LogP contribution in [0.2, 0.25) is 0 Å². The Balaban J connectivity index is 2.31. The van der Waals surface area contributed by atoms with Gasteiger partial charge in [-0.15, -0.1) is 10.2 Å². The number of carbonyl (C=O) groups is 1. The van der Waals surface area contributed by atoms with Crippen LogP contribution in [0.25, 0.3) is 0 Å². The van der Waals surface area contributed by atoms with E-state index in [9.17, 15) is 13.2 Å². The highest BCUT2D eigenvalue weighted by molar-refractivity contribution is 7.92. The van der Waals surface area contributed by atoms with Crippen molar-refractivity contribution in [3.8, 4) is 0 Å². The minimum absolute atomic E-state index is 0.198. The average molecular weight is 378 g/mol. The zero-order chi connectivity index (χ0) is 19.5. The van der Waals surface area contributed by atoms with Crippen LogP contribution in [0, 0.1) is 5.41 Å². The van der Waals surface area contributed by atoms with Crippen LogP contribution in [-0.4, -0.2) is 34.7 Å². The Labute approximate surface area is 154 Å². The van der Waals surface area contributed by atoms with E-state index in [1.165, 1.54) is 4.57 Å². The van der Waals surface area contributed by atoms with Crippen molar-refractivity contribution in [1.82, 2.24) is 14.8 Å². The zero-order valence-electron chi connectivity index (χ0n) is 15.6. The number of Topliss-reactive ketones (excluding diaryl/α,β-unsaturated/α-hetero) is 1. The summed E-state index contributed by atoms with van der Waals surface area (Å²) >= 11 is 0. The van der Waals surface area contributed by atoms with E-state index in [0.717, 1.165) is 5.56 Å². The molecule has 1 atom stereocenters. The molecule has 2 rings (SSSR count). The van der Waals surface area contributed by atoms with E-state index in [-0.39, 0.29) is 10.9 Å². The Morgan fingerprint density at radius 1 is 1.19 bits per heavy atom. The topological polar surface area (TPSA) is 108 Å². The van der Waals surface area contributed by atoms with Crippen molar-refractivity contribution in [2.24, 2.45) is 11.1 Å². The third kappa shape index (κ3) is 4.56. The molecule has 0 radical (unpaired) electrons. The number of sulfone groups is 1. The lowest BCUT2D eigenvalue weighted by Crippen LogP contribution is -2.29. The van der Waals surface area contributed by atoms with Crippen molar-refractivity contribution >= 4 is 15.6 Å². The summed E-state index contributed by atoms with van der Waals surface area (Å²) in [4.78, 5) is 12.2. The van der Waals surface area contributed by atoms with Crippen molar-refractivity contribution in [3.05, 3.63) is 41.7 Å². The summed E-state index contributed by atoms with van der Waals surface area (Å²) in [7, 11) is -3.89. The van der Waals surface area contributed by atoms with E-state index in [4.69, 9.17) is 5.73 Å². The molecule has 142 valence electrons. The van der Waals surface area contributed by atoms with Crippen molar-refractivity contribution in [1.29, 1.82) is 0 Å². The molecule has 8 heteroatoms. The van der Waals surface area contributed by atoms with Crippen LogP contribution in [0.4, 0.5) is 0 Å². The second kappa shape index (κ2) is 7.67. The van der Waals surface area contributed by atoms with Gasteiger partial charge in [-0.2, -0.15) is 0 Å². The molecule has 0 aliphatic heterocycles. The fourth-order valence-corrected chi connectivity index (χ4v) is 4.15. The van der Waals surface area contributed by atoms with Crippen LogP contribution < -0.4 is 5.73 Å². The van der Waals surface area contributed by atoms with Crippen LogP contribution in [-0.2, 0) is 27.6 Å². The molecule has 0 amide bonds. The summed E-state index contributed by atoms with van der Waals surface area (Å²) in [6.45, 7) is 7.22. The minimum Gasteiger partial charge on any atom is -0.321 e. The maximum atomic E-state index is 12.7. The molecule has 1 heterocycles. The molecule has 0 unspecified atom stereocenters. The molecule has 0 spiro atoms. The monoisotopic (exact) mass is 378 g/mol. The summed E-state index contributed by atoms with van der Waals surface area (Å²) in [5.74, 6) is -0.556. The van der Waals surface area contributed by atoms with Gasteiger partial charge in [-0.25, -0.2) is 8.42 Å². The zero-order valence-corrected chi connectivity index (χ0v) is 16.5. The quantitative estimate of drug-likeness (QED) is 0.789. The second-order valence-electron chi connectivity index (χ2n) is 7.31. The van der Waals surface area contributed by atoms with Gasteiger partial charge in [-0.05, 0) is 18.9 Å². The number of hydrogen-bond acceptors (Lipinski definition) is 6. The van der Waals surface area contributed by atoms with E-state index in [1.807, 2.05) is 30.3 Å². The smallest absolute Gasteiger partial charge is 0.250 e. The number of nitrogens with two attached hydrogens (primary N) is 1. The molecule has 1 aromatic heterocycles. The van der Waals surface area contributed by atoms with E-state index in [1.54, 1.807) is 27.7 Å². The van der Waals surface area contributed by atoms with Gasteiger partial charge < -0.3 is 10.3 Å². The minimum atomic E-state index is -3.89. The average Bonchev–Trinajstić information content (AvgIpc) is 2.99. The molecule has 0 aliphatic rings. The summed E-state index contributed by atoms with van der Waals surface area (Å²) in [5.41, 5.74) is 6.53. The van der Waals surface area contributed by atoms with E-state index < -0.39 is 27.0 Å². The van der Waals surface area contributed by atoms with Crippen molar-refractivity contribution in [3.63, 3.8) is 0 Å². The van der Waals surface area contributed by atoms with Gasteiger partial charge in [-0.1, -0.05) is 51.1 Å². The van der Waals surface area contributed by atoms with Gasteiger partial charge in [0.2, 0.25) is 15.0 Å². The molecular weight excluding hydrogens is 352 g/mol. The predicted molar refractivity (Wildman–Crippen MR) is 99.3 cm³/mol. The fourth-order valence-electron chi connectivity index (χ4n) is 2.51. The molecule has 0 bridgehead atoms. The molecule has 0 saturated carbocycles. The normalized spacial score (nSPS) is 13.6. The Kier molecular flexibility index (Phi) is 5.98. The third-order valence-corrected chi connectivity index (χ3v) is 5.63. The molecule has 26 heavy (non-hydrogen) atoms. The first kappa shape index (κ1) is 20.3. The number of ketones is 1. The lowest BCUT2D eigenvalue weighted by molar-refractivity contribution is -0.123. The van der Waals surface area contributed by atoms with Crippen LogP contribution in [0.15, 0.2) is 35.5 Å². The number of benzene rings is 1. The van der Waals surface area contributed by atoms with Crippen LogP contribution in [0.3, 0.4) is 0 Å². The SMILES string of the molecule is CCn1c([C@@H](N)Cc2ccccc2)nnc1S(=O)(=O)CC(=O)C(C)(C)C. The van der Waals surface area contributed by atoms with E-state index in [0.29, 0.717) is 18.8 Å². The molecule has 0 saturated heterocycles. The first-order valence-corrected chi connectivity index (χ1v) is 10.2. The fraction of sp³-hybridized carbons (Fsp3) is 0.500. The Bertz CT molecular complexity index is 868. The maximum Gasteiger partial charge on any atom is 0.250 e. The van der Waals surface area contributed by atoms with Gasteiger partial charge in [-0.3, -0.25) is 4.79 Å². The molecule has 0 fully saturated rings. The standard InChI is InChI=1S/C18H26N4O3S/c1-5-22-16(14(19)11-13-9-7-6-8-10-13)20-21-17(22)26(24,25)12-15(23)18(2,3)4/h6-10,14H,5,11-12,19H2,1-4H3/t14-/m0/s1. The number of nitrogens with zero attached hydrogens (tertiary/aromatic N) is 3. The van der Waals surface area contributed by atoms with E-state index in [2.05, 4.69) is 10.2 Å². The highest BCUT2D eigenvalue weighted by Crippen LogP contribution is 2.21. The van der Waals surface area contributed by atoms with Gasteiger partial charge in [0.1, 0.15) is 5.75 Å². The summed E-state index contributed by atoms with van der Waals surface area (Å²) in [6.07, 6.45) is 0.514. The summed E-state index contributed by atoms with van der Waals surface area (Å²) < 4.78 is 26.8. The van der Waals surface area contributed by atoms with Crippen LogP contribution >= 0.6 is 0 Å². The number of rotatable bonds is 7. The van der Waals surface area contributed by atoms with Gasteiger partial charge in [0.15, 0.2) is 11.6 Å². The third-order valence-electron chi connectivity index (χ3n) is 4.13. The largest absolute Gasteiger partial charge is 0.321 e. The first-order chi connectivity index (χ1) is 12.1. The number of carbonyl (C=O) groups excluding carboxylic acids is 1. The van der Waals surface area contributed by atoms with Crippen LogP contribution in [0.5, 0.6) is 0 Å². The summed E-state index contributed by atoms with van der Waals surface area (Å²) in [6, 6.07) is 9.16. The predicted octanol–water partition coefficient (Wildman–Crippen LogP) is 1.93. The van der Waals surface area contributed by atoms with E-state index >= 15 is 0 Å². The first-order valence-electron chi connectivity index (χ1n) is 8.55. The maximum absolute atomic E-state index is 12.7. The van der Waals surface area contributed by atoms with Crippen molar-refractivity contribution < 1.29 is 13.2 Å². The molecular formula is C18H26N4O3S. The highest BCUT2D eigenvalue weighted by atomic mass is 32.2. The molecule has 2 N–H and O–H groups in total. The number of hydrogen-bond donors (Lipinski definition) is 1. The van der Waals surface area contributed by atoms with Gasteiger partial charge in [0.05, 0.1) is 6.04 Å². The van der Waals surface area contributed by atoms with Gasteiger partial charge >= 0.3 is 0 Å². The molecule has 7 nitrogen and oxygen atoms in total. The van der Waals surface area contributed by atoms with Crippen molar-refractivity contribution in [2.75, 3.05) is 5.75 Å². The lowest BCUT2D eigenvalue weighted by Gasteiger charge is -2.17. The lowest BCUT2D eigenvalue weighted by atomic mass is 9.92.